The molecule has 9 heteroatoms. The molecule has 0 aromatic rings. The van der Waals surface area contributed by atoms with Crippen LogP contribution < -0.4 is 0 Å². The predicted octanol–water partition coefficient (Wildman–Crippen LogP) is -0.747. The van der Waals surface area contributed by atoms with E-state index in [9.17, 15) is 19.2 Å². The number of Topliss-reactive ketones (excluding diaryl/α,β-unsaturated/α-hetero) is 2. The Balaban J connectivity index is -0.000000180. The summed E-state index contributed by atoms with van der Waals surface area (Å²) in [7, 11) is 0. The lowest BCUT2D eigenvalue weighted by Crippen LogP contribution is -2.12. The molecule has 0 saturated carbocycles. The van der Waals surface area contributed by atoms with Crippen molar-refractivity contribution in [2.24, 2.45) is 0 Å². The first-order valence-electron chi connectivity index (χ1n) is 3.10. The highest BCUT2D eigenvalue weighted by Crippen LogP contribution is 1.75. The lowest BCUT2D eigenvalue weighted by atomic mass is 10.5. The van der Waals surface area contributed by atoms with E-state index in [4.69, 9.17) is 10.2 Å². The van der Waals surface area contributed by atoms with Crippen LogP contribution in [0.1, 0.15) is 0 Å². The van der Waals surface area contributed by atoms with Gasteiger partial charge in [0.15, 0.2) is 0 Å². The molecule has 88 valence electrons. The van der Waals surface area contributed by atoms with Gasteiger partial charge in [0.25, 0.3) is 0 Å². The van der Waals surface area contributed by atoms with Crippen molar-refractivity contribution in [2.75, 3.05) is 11.5 Å². The van der Waals surface area contributed by atoms with Crippen LogP contribution in [0, 0.1) is 0 Å². The summed E-state index contributed by atoms with van der Waals surface area (Å²) in [6.45, 7) is 0. The summed E-state index contributed by atoms with van der Waals surface area (Å²) in [6, 6.07) is 0. The second kappa shape index (κ2) is 11.4. The van der Waals surface area contributed by atoms with Gasteiger partial charge in [-0.1, -0.05) is 0 Å². The molecular weight excluding hydrogens is 264 g/mol. The van der Waals surface area contributed by atoms with E-state index >= 15 is 0 Å². The maximum Gasteiger partial charge on any atom is 0.373 e. The Morgan fingerprint density at radius 2 is 1.00 bits per heavy atom. The molecule has 0 aromatic heterocycles. The van der Waals surface area contributed by atoms with E-state index < -0.39 is 23.5 Å². The molecule has 0 unspecified atom stereocenters. The lowest BCUT2D eigenvalue weighted by Gasteiger charge is -1.80. The quantitative estimate of drug-likeness (QED) is 0.397. The van der Waals surface area contributed by atoms with E-state index in [-0.39, 0.29) is 25.0 Å². The first kappa shape index (κ1) is 19.8. The Hall–Kier alpha value is -0.670. The molecule has 6 nitrogen and oxygen atoms in total. The van der Waals surface area contributed by atoms with Crippen LogP contribution in [0.4, 0.5) is 0 Å². The maximum absolute atomic E-state index is 9.84. The van der Waals surface area contributed by atoms with E-state index in [0.29, 0.717) is 0 Å². The van der Waals surface area contributed by atoms with Crippen molar-refractivity contribution in [1.82, 2.24) is 0 Å². The van der Waals surface area contributed by atoms with Gasteiger partial charge in [0.05, 0.1) is 11.5 Å². The highest BCUT2D eigenvalue weighted by Gasteiger charge is 2.06. The van der Waals surface area contributed by atoms with Crippen molar-refractivity contribution in [1.29, 1.82) is 0 Å². The van der Waals surface area contributed by atoms with Gasteiger partial charge in [0.1, 0.15) is 0 Å². The van der Waals surface area contributed by atoms with Crippen LogP contribution >= 0.6 is 38.8 Å². The Bertz CT molecular complexity index is 225. The van der Waals surface area contributed by atoms with Gasteiger partial charge in [-0.2, -0.15) is 38.8 Å². The van der Waals surface area contributed by atoms with Crippen LogP contribution in [0.3, 0.4) is 0 Å². The van der Waals surface area contributed by atoms with E-state index in [2.05, 4.69) is 25.3 Å². The highest BCUT2D eigenvalue weighted by atomic mass is 32.1. The fourth-order valence-electron chi connectivity index (χ4n) is 0.135. The van der Waals surface area contributed by atoms with Crippen LogP contribution in [-0.2, 0) is 19.2 Å². The third-order valence-electron chi connectivity index (χ3n) is 0.764. The lowest BCUT2D eigenvalue weighted by molar-refractivity contribution is -0.147. The molecule has 0 aliphatic heterocycles. The molecular formula is C6H10O6S3. The van der Waals surface area contributed by atoms with Gasteiger partial charge in [-0.05, 0) is 0 Å². The number of carboxylic acid groups (broad SMARTS) is 2. The first-order valence-corrected chi connectivity index (χ1v) is 4.37. The largest absolute Gasteiger partial charge is 0.475 e. The summed E-state index contributed by atoms with van der Waals surface area (Å²) < 4.78 is 0. The zero-order chi connectivity index (χ0) is 11.7. The predicted molar refractivity (Wildman–Crippen MR) is 63.4 cm³/mol. The molecule has 0 fully saturated rings. The highest BCUT2D eigenvalue weighted by molar-refractivity contribution is 7.81. The van der Waals surface area contributed by atoms with Crippen molar-refractivity contribution in [3.8, 4) is 0 Å². The van der Waals surface area contributed by atoms with E-state index in [0.717, 1.165) is 0 Å². The summed E-state index contributed by atoms with van der Waals surface area (Å²) in [6.07, 6.45) is 0. The third kappa shape index (κ3) is 13.3. The number of carbonyl (C=O) groups excluding carboxylic acids is 2. The number of hydrogen-bond donors (Lipinski definition) is 4. The molecule has 0 radical (unpaired) electrons. The second-order valence-corrected chi connectivity index (χ2v) is 2.41. The average Bonchev–Trinajstić information content (AvgIpc) is 2.15. The number of aliphatic carboxylic acids is 2. The molecule has 0 aromatic carbocycles. The summed E-state index contributed by atoms with van der Waals surface area (Å²) in [5.41, 5.74) is 0. The zero-order valence-corrected chi connectivity index (χ0v) is 10.1. The summed E-state index contributed by atoms with van der Waals surface area (Å²) >= 11 is 6.85. The number of thiol groups is 2. The second-order valence-electron chi connectivity index (χ2n) is 1.77. The normalized spacial score (nSPS) is 7.60. The van der Waals surface area contributed by atoms with E-state index in [1.54, 1.807) is 0 Å². The monoisotopic (exact) mass is 274 g/mol. The van der Waals surface area contributed by atoms with Gasteiger partial charge in [-0.25, -0.2) is 9.59 Å². The minimum absolute atomic E-state index is 0. The molecule has 0 spiro atoms. The van der Waals surface area contributed by atoms with E-state index in [1.165, 1.54) is 0 Å². The van der Waals surface area contributed by atoms with Gasteiger partial charge in [0.2, 0.25) is 11.6 Å². The fraction of sp³-hybridized carbons (Fsp3) is 0.333. The topological polar surface area (TPSA) is 109 Å². The molecule has 0 atom stereocenters. The van der Waals surface area contributed by atoms with Gasteiger partial charge < -0.3 is 10.2 Å². The Labute approximate surface area is 103 Å². The van der Waals surface area contributed by atoms with Gasteiger partial charge >= 0.3 is 11.9 Å². The fourth-order valence-corrected chi connectivity index (χ4v) is 0.406. The van der Waals surface area contributed by atoms with Crippen LogP contribution in [0.15, 0.2) is 0 Å². The Morgan fingerprint density at radius 3 is 1.00 bits per heavy atom. The van der Waals surface area contributed by atoms with Gasteiger partial charge in [-0.3, -0.25) is 9.59 Å². The van der Waals surface area contributed by atoms with Crippen molar-refractivity contribution in [3.05, 3.63) is 0 Å². The Morgan fingerprint density at radius 1 is 0.800 bits per heavy atom. The number of carboxylic acids is 2. The molecule has 2 N–H and O–H groups in total. The molecule has 0 bridgehead atoms. The average molecular weight is 274 g/mol. The number of rotatable bonds is 4. The number of hydrogen-bond acceptors (Lipinski definition) is 6. The minimum atomic E-state index is -1.42. The molecule has 0 aliphatic rings. The van der Waals surface area contributed by atoms with Crippen molar-refractivity contribution < 1.29 is 29.4 Å². The number of carbonyl (C=O) groups is 4. The number of ketones is 2. The summed E-state index contributed by atoms with van der Waals surface area (Å²) in [5, 5.41) is 15.6. The molecule has 0 rings (SSSR count). The summed E-state index contributed by atoms with van der Waals surface area (Å²) in [5.74, 6) is -5.04. The van der Waals surface area contributed by atoms with E-state index in [1.807, 2.05) is 0 Å². The van der Waals surface area contributed by atoms with Crippen molar-refractivity contribution in [2.45, 2.75) is 0 Å². The van der Waals surface area contributed by atoms with Gasteiger partial charge in [-0.15, -0.1) is 0 Å². The Kier molecular flexibility index (Phi) is 15.1. The van der Waals surface area contributed by atoms with Crippen LogP contribution in [0.2, 0.25) is 0 Å². The third-order valence-corrected chi connectivity index (χ3v) is 1.34. The smallest absolute Gasteiger partial charge is 0.373 e. The van der Waals surface area contributed by atoms with Crippen LogP contribution in [0.25, 0.3) is 0 Å². The van der Waals surface area contributed by atoms with Crippen molar-refractivity contribution in [3.63, 3.8) is 0 Å². The van der Waals surface area contributed by atoms with Crippen LogP contribution in [-0.4, -0.2) is 45.2 Å². The minimum Gasteiger partial charge on any atom is -0.475 e. The first-order chi connectivity index (χ1) is 6.36. The SMILES string of the molecule is O=C(O)C(=O)CS.O=C(O)C(=O)CS.S. The molecule has 0 amide bonds. The molecule has 0 heterocycles. The molecule has 0 aliphatic carbocycles. The standard InChI is InChI=1S/2C3H4O3S.H2S/c2*4-2(1-7)3(5)6;/h2*7H,1H2,(H,5,6);1H2. The summed E-state index contributed by atoms with van der Waals surface area (Å²) in [4.78, 5) is 38.7. The zero-order valence-electron chi connectivity index (χ0n) is 7.34. The van der Waals surface area contributed by atoms with Crippen molar-refractivity contribution >= 4 is 62.3 Å². The molecule has 15 heavy (non-hydrogen) atoms. The van der Waals surface area contributed by atoms with Gasteiger partial charge in [0, 0.05) is 0 Å². The molecule has 0 saturated heterocycles. The van der Waals surface area contributed by atoms with Crippen LogP contribution in [0.5, 0.6) is 0 Å². The maximum atomic E-state index is 9.84.